The summed E-state index contributed by atoms with van der Waals surface area (Å²) in [6, 6.07) is 9.26. The topological polar surface area (TPSA) is 51.3 Å². The maximum absolute atomic E-state index is 13.2. The number of furan rings is 1. The van der Waals surface area contributed by atoms with Gasteiger partial charge in [0.25, 0.3) is 0 Å². The Hall–Kier alpha value is -2.86. The number of allylic oxidation sites excluding steroid dienone is 1. The lowest BCUT2D eigenvalue weighted by Gasteiger charge is -2.14. The van der Waals surface area contributed by atoms with Crippen LogP contribution in [0.3, 0.4) is 0 Å². The fourth-order valence-corrected chi connectivity index (χ4v) is 2.71. The predicted molar refractivity (Wildman–Crippen MR) is 99.7 cm³/mol. The maximum Gasteiger partial charge on any atom is 0.221 e. The van der Waals surface area contributed by atoms with Crippen LogP contribution >= 0.6 is 11.6 Å². The molecule has 0 atom stereocenters. The minimum absolute atomic E-state index is 0.251. The Morgan fingerprint density at radius 1 is 1.23 bits per heavy atom. The normalized spacial score (nSPS) is 11.3. The fraction of sp³-hybridized carbons (Fsp3) is 0.158. The Morgan fingerprint density at radius 3 is 2.50 bits per heavy atom. The summed E-state index contributed by atoms with van der Waals surface area (Å²) < 4.78 is 20.2. The number of carbonyl (C=O) groups excluding carboxylic acids is 1. The van der Waals surface area contributed by atoms with E-state index in [1.165, 1.54) is 24.3 Å². The van der Waals surface area contributed by atoms with Crippen LogP contribution in [0.4, 0.5) is 10.3 Å². The number of hydrogen-bond donors (Lipinski definition) is 0. The third-order valence-corrected chi connectivity index (χ3v) is 4.05. The zero-order valence-corrected chi connectivity index (χ0v) is 15.3. The average Bonchev–Trinajstić information content (AvgIpc) is 3.17. The van der Waals surface area contributed by atoms with E-state index in [0.29, 0.717) is 28.2 Å². The molecule has 0 aliphatic carbocycles. The van der Waals surface area contributed by atoms with E-state index in [0.717, 1.165) is 0 Å². The van der Waals surface area contributed by atoms with Crippen molar-refractivity contribution in [2.24, 2.45) is 0 Å². The fourth-order valence-electron chi connectivity index (χ4n) is 2.43. The van der Waals surface area contributed by atoms with Gasteiger partial charge in [-0.15, -0.1) is 0 Å². The van der Waals surface area contributed by atoms with Crippen LogP contribution in [0.15, 0.2) is 46.9 Å². The van der Waals surface area contributed by atoms with E-state index < -0.39 is 0 Å². The molecule has 0 N–H and O–H groups in total. The summed E-state index contributed by atoms with van der Waals surface area (Å²) in [5, 5.41) is 0.319. The number of imidazole rings is 1. The van der Waals surface area contributed by atoms with Gasteiger partial charge in [0.05, 0.1) is 5.69 Å². The van der Waals surface area contributed by atoms with E-state index in [4.69, 9.17) is 16.0 Å². The van der Waals surface area contributed by atoms with Crippen molar-refractivity contribution in [3.63, 3.8) is 0 Å². The minimum Gasteiger partial charge on any atom is -0.458 e. The van der Waals surface area contributed by atoms with Crippen LogP contribution in [0.1, 0.15) is 22.0 Å². The Bertz CT molecular complexity index is 971. The first kappa shape index (κ1) is 17.9. The highest BCUT2D eigenvalue weighted by Gasteiger charge is 2.17. The molecule has 0 fully saturated rings. The second-order valence-corrected chi connectivity index (χ2v) is 6.26. The molecule has 1 aromatic carbocycles. The predicted octanol–water partition coefficient (Wildman–Crippen LogP) is 4.53. The molecule has 0 spiro atoms. The zero-order valence-electron chi connectivity index (χ0n) is 14.5. The molecule has 0 radical (unpaired) electrons. The van der Waals surface area contributed by atoms with Crippen molar-refractivity contribution in [1.82, 2.24) is 9.55 Å². The highest BCUT2D eigenvalue weighted by atomic mass is 35.5. The molecule has 26 heavy (non-hydrogen) atoms. The van der Waals surface area contributed by atoms with Crippen LogP contribution in [0.5, 0.6) is 0 Å². The van der Waals surface area contributed by atoms with Crippen molar-refractivity contribution in [3.05, 3.63) is 70.7 Å². The van der Waals surface area contributed by atoms with Crippen LogP contribution in [0.2, 0.25) is 5.15 Å². The van der Waals surface area contributed by atoms with Gasteiger partial charge in [0.1, 0.15) is 22.4 Å². The number of hydrogen-bond acceptors (Lipinski definition) is 4. The molecule has 0 amide bonds. The number of halogens is 2. The van der Waals surface area contributed by atoms with E-state index >= 15 is 0 Å². The van der Waals surface area contributed by atoms with Crippen LogP contribution in [0.25, 0.3) is 11.8 Å². The first-order valence-electron chi connectivity index (χ1n) is 7.87. The van der Waals surface area contributed by atoms with Crippen LogP contribution < -0.4 is 4.90 Å². The summed E-state index contributed by atoms with van der Waals surface area (Å²) >= 11 is 6.48. The number of nitrogens with zero attached hydrogens (tertiary/aromatic N) is 3. The number of anilines is 1. The molecule has 134 valence electrons. The number of ketones is 1. The van der Waals surface area contributed by atoms with E-state index in [9.17, 15) is 9.18 Å². The molecule has 0 saturated heterocycles. The van der Waals surface area contributed by atoms with Crippen molar-refractivity contribution >= 4 is 29.4 Å². The minimum atomic E-state index is -0.337. The highest BCUT2D eigenvalue weighted by molar-refractivity contribution is 6.31. The summed E-state index contributed by atoms with van der Waals surface area (Å²) in [5.74, 6) is 0.853. The quantitative estimate of drug-likeness (QED) is 0.487. The number of carbonyl (C=O) groups is 1. The summed E-state index contributed by atoms with van der Waals surface area (Å²) in [6.07, 6.45) is 2.90. The van der Waals surface area contributed by atoms with Gasteiger partial charge in [0, 0.05) is 14.1 Å². The Balaban J connectivity index is 1.98. The lowest BCUT2D eigenvalue weighted by Crippen LogP contribution is -2.14. The molecule has 3 rings (SSSR count). The standard InChI is InChI=1S/C19H17ClFN3O2/c1-12-4-11-17(26-12)16(25)10-9-15-18(20)24(19(22-15)23(2)3)14-7-5-13(21)6-8-14/h4-11H,1-3H3. The monoisotopic (exact) mass is 373 g/mol. The molecule has 2 aromatic heterocycles. The molecule has 5 nitrogen and oxygen atoms in total. The summed E-state index contributed by atoms with van der Waals surface area (Å²) in [6.45, 7) is 1.77. The maximum atomic E-state index is 13.2. The second kappa shape index (κ2) is 7.17. The molecule has 3 aromatic rings. The third-order valence-electron chi connectivity index (χ3n) is 3.69. The molecule has 7 heteroatoms. The van der Waals surface area contributed by atoms with Gasteiger partial charge < -0.3 is 9.32 Å². The smallest absolute Gasteiger partial charge is 0.221 e. The van der Waals surface area contributed by atoms with Gasteiger partial charge in [-0.3, -0.25) is 9.36 Å². The van der Waals surface area contributed by atoms with Gasteiger partial charge in [-0.05, 0) is 55.5 Å². The number of rotatable bonds is 5. The molecular weight excluding hydrogens is 357 g/mol. The molecule has 0 saturated carbocycles. The molecule has 0 aliphatic rings. The molecule has 2 heterocycles. The van der Waals surface area contributed by atoms with E-state index in [-0.39, 0.29) is 17.4 Å². The summed E-state index contributed by atoms with van der Waals surface area (Å²) in [7, 11) is 3.64. The molecule has 0 aliphatic heterocycles. The van der Waals surface area contributed by atoms with Crippen molar-refractivity contribution < 1.29 is 13.6 Å². The third kappa shape index (κ3) is 3.55. The van der Waals surface area contributed by atoms with E-state index in [1.807, 2.05) is 14.1 Å². The highest BCUT2D eigenvalue weighted by Crippen LogP contribution is 2.29. The average molecular weight is 374 g/mol. The van der Waals surface area contributed by atoms with Gasteiger partial charge >= 0.3 is 0 Å². The van der Waals surface area contributed by atoms with E-state index in [2.05, 4.69) is 4.98 Å². The van der Waals surface area contributed by atoms with Crippen LogP contribution in [0, 0.1) is 12.7 Å². The number of aryl methyl sites for hydroxylation is 1. The van der Waals surface area contributed by atoms with Gasteiger partial charge in [-0.2, -0.15) is 0 Å². The van der Waals surface area contributed by atoms with Gasteiger partial charge in [0.15, 0.2) is 5.76 Å². The first-order valence-corrected chi connectivity index (χ1v) is 8.25. The van der Waals surface area contributed by atoms with E-state index in [1.54, 1.807) is 40.7 Å². The Kier molecular flexibility index (Phi) is 4.95. The summed E-state index contributed by atoms with van der Waals surface area (Å²) in [4.78, 5) is 18.4. The number of benzene rings is 1. The first-order chi connectivity index (χ1) is 12.4. The summed E-state index contributed by atoms with van der Waals surface area (Å²) in [5.41, 5.74) is 1.09. The second-order valence-electron chi connectivity index (χ2n) is 5.90. The van der Waals surface area contributed by atoms with Crippen LogP contribution in [-0.2, 0) is 0 Å². The SMILES string of the molecule is Cc1ccc(C(=O)C=Cc2nc(N(C)C)n(-c3ccc(F)cc3)c2Cl)o1. The van der Waals surface area contributed by atoms with Crippen LogP contribution in [-0.4, -0.2) is 29.4 Å². The largest absolute Gasteiger partial charge is 0.458 e. The zero-order chi connectivity index (χ0) is 18.8. The van der Waals surface area contributed by atoms with Gasteiger partial charge in [0.2, 0.25) is 11.7 Å². The van der Waals surface area contributed by atoms with Crippen molar-refractivity contribution in [3.8, 4) is 5.69 Å². The molecule has 0 unspecified atom stereocenters. The van der Waals surface area contributed by atoms with Gasteiger partial charge in [-0.25, -0.2) is 9.37 Å². The Morgan fingerprint density at radius 2 is 1.92 bits per heavy atom. The van der Waals surface area contributed by atoms with Gasteiger partial charge in [-0.1, -0.05) is 11.6 Å². The molecular formula is C19H17ClFN3O2. The lowest BCUT2D eigenvalue weighted by atomic mass is 10.2. The van der Waals surface area contributed by atoms with Crippen molar-refractivity contribution in [2.75, 3.05) is 19.0 Å². The van der Waals surface area contributed by atoms with Crippen molar-refractivity contribution in [2.45, 2.75) is 6.92 Å². The Labute approximate surface area is 155 Å². The van der Waals surface area contributed by atoms with Crippen molar-refractivity contribution in [1.29, 1.82) is 0 Å². The molecule has 0 bridgehead atoms. The lowest BCUT2D eigenvalue weighted by molar-refractivity contribution is 0.102. The number of aromatic nitrogens is 2.